The Morgan fingerprint density at radius 1 is 1.11 bits per heavy atom. The van der Waals surface area contributed by atoms with Crippen molar-refractivity contribution in [3.63, 3.8) is 0 Å². The van der Waals surface area contributed by atoms with E-state index < -0.39 is 9.84 Å². The first-order valence-corrected chi connectivity index (χ1v) is 10.2. The summed E-state index contributed by atoms with van der Waals surface area (Å²) in [7, 11) is -0.416. The highest BCUT2D eigenvalue weighted by molar-refractivity contribution is 7.90. The summed E-state index contributed by atoms with van der Waals surface area (Å²) < 4.78 is 34.1. The number of rotatable bonds is 7. The van der Waals surface area contributed by atoms with Gasteiger partial charge < -0.3 is 20.1 Å². The first kappa shape index (κ1) is 20.9. The van der Waals surface area contributed by atoms with Gasteiger partial charge in [0.1, 0.15) is 11.5 Å². The molecule has 0 bridgehead atoms. The molecule has 2 aromatic carbocycles. The maximum atomic E-state index is 12.3. The molecular weight excluding hydrogens is 392 g/mol. The third-order valence-electron chi connectivity index (χ3n) is 3.84. The molecule has 0 unspecified atom stereocenters. The van der Waals surface area contributed by atoms with Crippen LogP contribution in [0.15, 0.2) is 35.2 Å². The normalized spacial score (nSPS) is 11.0. The largest absolute Gasteiger partial charge is 0.497 e. The van der Waals surface area contributed by atoms with Crippen molar-refractivity contribution in [2.75, 3.05) is 37.7 Å². The first-order valence-electron chi connectivity index (χ1n) is 7.91. The zero-order chi connectivity index (χ0) is 20.2. The van der Waals surface area contributed by atoms with Crippen molar-refractivity contribution in [3.05, 3.63) is 40.9 Å². The second-order valence-electron chi connectivity index (χ2n) is 5.82. The molecule has 0 aliphatic heterocycles. The molecule has 146 valence electrons. The van der Waals surface area contributed by atoms with Crippen molar-refractivity contribution < 1.29 is 22.7 Å². The molecule has 9 heteroatoms. The molecule has 7 nitrogen and oxygen atoms in total. The van der Waals surface area contributed by atoms with Gasteiger partial charge in [0.05, 0.1) is 31.3 Å². The molecule has 0 atom stereocenters. The van der Waals surface area contributed by atoms with Crippen molar-refractivity contribution in [3.8, 4) is 11.5 Å². The van der Waals surface area contributed by atoms with E-state index in [0.29, 0.717) is 28.4 Å². The lowest BCUT2D eigenvalue weighted by Gasteiger charge is -2.15. The fourth-order valence-electron chi connectivity index (χ4n) is 2.50. The molecule has 2 rings (SSSR count). The van der Waals surface area contributed by atoms with Crippen molar-refractivity contribution in [1.29, 1.82) is 0 Å². The monoisotopic (exact) mass is 412 g/mol. The van der Waals surface area contributed by atoms with Gasteiger partial charge in [0, 0.05) is 23.0 Å². The average molecular weight is 413 g/mol. The van der Waals surface area contributed by atoms with Crippen molar-refractivity contribution >= 4 is 38.7 Å². The molecule has 0 spiro atoms. The number of benzene rings is 2. The van der Waals surface area contributed by atoms with Gasteiger partial charge in [-0.2, -0.15) is 0 Å². The minimum atomic E-state index is -3.44. The maximum absolute atomic E-state index is 12.3. The zero-order valence-electron chi connectivity index (χ0n) is 15.4. The standard InChI is InChI=1S/C18H21ClN2O5S/c1-11-14(7-12(19)8-17(11)27(4,23)24)20-10-18(22)21-15-9-13(25-2)5-6-16(15)26-3/h5-9,20H,10H2,1-4H3,(H,21,22). The molecule has 2 aromatic rings. The summed E-state index contributed by atoms with van der Waals surface area (Å²) >= 11 is 6.01. The van der Waals surface area contributed by atoms with Crippen molar-refractivity contribution in [1.82, 2.24) is 0 Å². The van der Waals surface area contributed by atoms with E-state index in [4.69, 9.17) is 21.1 Å². The predicted molar refractivity (Wildman–Crippen MR) is 106 cm³/mol. The molecule has 0 heterocycles. The van der Waals surface area contributed by atoms with Crippen LogP contribution in [0.2, 0.25) is 5.02 Å². The fraction of sp³-hybridized carbons (Fsp3) is 0.278. The van der Waals surface area contributed by atoms with Gasteiger partial charge in [-0.15, -0.1) is 0 Å². The van der Waals surface area contributed by atoms with Crippen LogP contribution >= 0.6 is 11.6 Å². The number of ether oxygens (including phenoxy) is 2. The molecule has 0 aromatic heterocycles. The van der Waals surface area contributed by atoms with Crippen LogP contribution in [0.3, 0.4) is 0 Å². The van der Waals surface area contributed by atoms with Crippen LogP contribution in [0.4, 0.5) is 11.4 Å². The van der Waals surface area contributed by atoms with Gasteiger partial charge in [0.25, 0.3) is 0 Å². The molecule has 2 N–H and O–H groups in total. The predicted octanol–water partition coefficient (Wildman–Crippen LogP) is 3.12. The second kappa shape index (κ2) is 8.49. The summed E-state index contributed by atoms with van der Waals surface area (Å²) in [4.78, 5) is 12.4. The number of carbonyl (C=O) groups is 1. The van der Waals surface area contributed by atoms with E-state index in [2.05, 4.69) is 10.6 Å². The van der Waals surface area contributed by atoms with Gasteiger partial charge >= 0.3 is 0 Å². The lowest BCUT2D eigenvalue weighted by molar-refractivity contribution is -0.114. The molecule has 0 aliphatic carbocycles. The summed E-state index contributed by atoms with van der Waals surface area (Å²) in [6.45, 7) is 1.56. The van der Waals surface area contributed by atoms with E-state index in [0.717, 1.165) is 6.26 Å². The summed E-state index contributed by atoms with van der Waals surface area (Å²) in [6.07, 6.45) is 1.11. The summed E-state index contributed by atoms with van der Waals surface area (Å²) in [5.41, 5.74) is 1.42. The summed E-state index contributed by atoms with van der Waals surface area (Å²) in [5.74, 6) is 0.715. The van der Waals surface area contributed by atoms with Crippen molar-refractivity contribution in [2.45, 2.75) is 11.8 Å². The molecule has 0 fully saturated rings. The Hall–Kier alpha value is -2.45. The molecule has 0 saturated heterocycles. The Labute approximate surface area is 163 Å². The van der Waals surface area contributed by atoms with Gasteiger partial charge in [0.2, 0.25) is 5.91 Å². The lowest BCUT2D eigenvalue weighted by atomic mass is 10.2. The third-order valence-corrected chi connectivity index (χ3v) is 5.29. The number of hydrogen-bond acceptors (Lipinski definition) is 6. The number of carbonyl (C=O) groups excluding carboxylic acids is 1. The first-order chi connectivity index (χ1) is 12.7. The number of hydrogen-bond donors (Lipinski definition) is 2. The van der Waals surface area contributed by atoms with Gasteiger partial charge in [-0.05, 0) is 36.8 Å². The van der Waals surface area contributed by atoms with Crippen LogP contribution in [0.5, 0.6) is 11.5 Å². The zero-order valence-corrected chi connectivity index (χ0v) is 17.0. The van der Waals surface area contributed by atoms with Crippen LogP contribution in [0.1, 0.15) is 5.56 Å². The third kappa shape index (κ3) is 5.27. The van der Waals surface area contributed by atoms with Gasteiger partial charge in [-0.25, -0.2) is 8.42 Å². The van der Waals surface area contributed by atoms with Crippen molar-refractivity contribution in [2.24, 2.45) is 0 Å². The number of anilines is 2. The van der Waals surface area contributed by atoms with Gasteiger partial charge in [-0.1, -0.05) is 11.6 Å². The Morgan fingerprint density at radius 3 is 2.41 bits per heavy atom. The van der Waals surface area contributed by atoms with E-state index in [9.17, 15) is 13.2 Å². The Balaban J connectivity index is 2.16. The van der Waals surface area contributed by atoms with E-state index in [1.807, 2.05) is 0 Å². The molecule has 1 amide bonds. The highest BCUT2D eigenvalue weighted by Crippen LogP contribution is 2.30. The SMILES string of the molecule is COc1ccc(OC)c(NC(=O)CNc2cc(Cl)cc(S(C)(=O)=O)c2C)c1. The summed E-state index contributed by atoms with van der Waals surface area (Å²) in [5, 5.41) is 5.91. The summed E-state index contributed by atoms with van der Waals surface area (Å²) in [6, 6.07) is 8.00. The Kier molecular flexibility index (Phi) is 6.56. The van der Waals surface area contributed by atoms with Crippen LogP contribution in [0, 0.1) is 6.92 Å². The maximum Gasteiger partial charge on any atom is 0.243 e. The topological polar surface area (TPSA) is 93.7 Å². The smallest absolute Gasteiger partial charge is 0.243 e. The fourth-order valence-corrected chi connectivity index (χ4v) is 3.79. The van der Waals surface area contributed by atoms with Crippen LogP contribution in [-0.4, -0.2) is 41.3 Å². The van der Waals surface area contributed by atoms with Crippen LogP contribution < -0.4 is 20.1 Å². The second-order valence-corrected chi connectivity index (χ2v) is 8.24. The highest BCUT2D eigenvalue weighted by atomic mass is 35.5. The Bertz CT molecular complexity index is 960. The number of amides is 1. The number of halogens is 1. The van der Waals surface area contributed by atoms with E-state index in [-0.39, 0.29) is 22.4 Å². The molecule has 27 heavy (non-hydrogen) atoms. The lowest BCUT2D eigenvalue weighted by Crippen LogP contribution is -2.22. The molecule has 0 saturated carbocycles. The molecule has 0 aliphatic rings. The number of sulfone groups is 1. The number of nitrogens with one attached hydrogen (secondary N) is 2. The minimum Gasteiger partial charge on any atom is -0.497 e. The van der Waals surface area contributed by atoms with E-state index in [1.54, 1.807) is 31.2 Å². The average Bonchev–Trinajstić information content (AvgIpc) is 2.61. The van der Waals surface area contributed by atoms with Crippen LogP contribution in [-0.2, 0) is 14.6 Å². The molecular formula is C18H21ClN2O5S. The highest BCUT2D eigenvalue weighted by Gasteiger charge is 2.16. The quantitative estimate of drug-likeness (QED) is 0.725. The number of methoxy groups -OCH3 is 2. The van der Waals surface area contributed by atoms with Gasteiger partial charge in [0.15, 0.2) is 9.84 Å². The Morgan fingerprint density at radius 2 is 1.81 bits per heavy atom. The van der Waals surface area contributed by atoms with Crippen LogP contribution in [0.25, 0.3) is 0 Å². The minimum absolute atomic E-state index is 0.0925. The van der Waals surface area contributed by atoms with E-state index >= 15 is 0 Å². The van der Waals surface area contributed by atoms with E-state index in [1.165, 1.54) is 20.3 Å². The van der Waals surface area contributed by atoms with Gasteiger partial charge in [-0.3, -0.25) is 4.79 Å². The molecule has 0 radical (unpaired) electrons.